The first-order valence-electron chi connectivity index (χ1n) is 7.63. The summed E-state index contributed by atoms with van der Waals surface area (Å²) in [5.74, 6) is -0.284. The molecule has 0 bridgehead atoms. The van der Waals surface area contributed by atoms with E-state index in [0.29, 0.717) is 5.82 Å². The van der Waals surface area contributed by atoms with Crippen LogP contribution >= 0.6 is 0 Å². The van der Waals surface area contributed by atoms with Gasteiger partial charge < -0.3 is 15.7 Å². The highest BCUT2D eigenvalue weighted by Gasteiger charge is 2.26. The molecule has 6 nitrogen and oxygen atoms in total. The topological polar surface area (TPSA) is 82.7 Å². The van der Waals surface area contributed by atoms with E-state index >= 15 is 0 Å². The lowest BCUT2D eigenvalue weighted by molar-refractivity contribution is 0.0698. The van der Waals surface area contributed by atoms with Gasteiger partial charge >= 0.3 is 5.97 Å². The van der Waals surface area contributed by atoms with Crippen LogP contribution in [0.3, 0.4) is 0 Å². The van der Waals surface area contributed by atoms with Crippen LogP contribution in [0.25, 0.3) is 0 Å². The minimum Gasteiger partial charge on any atom is -0.478 e. The van der Waals surface area contributed by atoms with Crippen LogP contribution in [0.2, 0.25) is 0 Å². The number of aromatic nitrogens is 1. The molecule has 2 heterocycles. The van der Waals surface area contributed by atoms with Crippen molar-refractivity contribution in [2.45, 2.75) is 31.7 Å². The van der Waals surface area contributed by atoms with Crippen molar-refractivity contribution in [3.63, 3.8) is 0 Å². The molecule has 3 N–H and O–H groups in total. The van der Waals surface area contributed by atoms with Crippen LogP contribution in [-0.2, 0) is 0 Å². The number of carboxylic acid groups (broad SMARTS) is 1. The fourth-order valence-corrected chi connectivity index (χ4v) is 3.40. The molecule has 3 rings (SSSR count). The van der Waals surface area contributed by atoms with Crippen LogP contribution in [0.1, 0.15) is 36.0 Å². The van der Waals surface area contributed by atoms with Crippen LogP contribution in [0.5, 0.6) is 0 Å². The number of nitrogens with two attached hydrogens (primary N) is 1. The maximum absolute atomic E-state index is 11.1. The molecule has 2 aliphatic rings. The second-order valence-corrected chi connectivity index (χ2v) is 5.90. The number of rotatable bonds is 3. The number of nitrogens with zero attached hydrogens (tertiary/aromatic N) is 3. The molecule has 0 unspecified atom stereocenters. The number of anilines is 2. The molecule has 0 atom stereocenters. The number of hydrogen-bond donors (Lipinski definition) is 2. The summed E-state index contributed by atoms with van der Waals surface area (Å²) in [6, 6.07) is 2.34. The highest BCUT2D eigenvalue weighted by molar-refractivity contribution is 5.94. The molecule has 6 heteroatoms. The van der Waals surface area contributed by atoms with Crippen LogP contribution < -0.4 is 10.6 Å². The largest absolute Gasteiger partial charge is 0.478 e. The van der Waals surface area contributed by atoms with Crippen molar-refractivity contribution in [1.82, 2.24) is 9.88 Å². The first-order chi connectivity index (χ1) is 10.1. The van der Waals surface area contributed by atoms with Gasteiger partial charge in [-0.3, -0.25) is 4.90 Å². The van der Waals surface area contributed by atoms with Gasteiger partial charge in [0.1, 0.15) is 5.82 Å². The fraction of sp³-hybridized carbons (Fsp3) is 0.600. The Morgan fingerprint density at radius 2 is 1.90 bits per heavy atom. The molecule has 1 aliphatic heterocycles. The van der Waals surface area contributed by atoms with Crippen LogP contribution in [0.15, 0.2) is 12.3 Å². The van der Waals surface area contributed by atoms with E-state index < -0.39 is 5.97 Å². The standard InChI is InChI=1S/C15H22N4O2/c16-13-10-17-14(9-12(13)15(20)21)19-7-5-18(6-8-19)11-3-1-2-4-11/h9-11H,1-8,16H2,(H,20,21). The summed E-state index contributed by atoms with van der Waals surface area (Å²) in [5, 5.41) is 9.14. The van der Waals surface area contributed by atoms with Gasteiger partial charge in [-0.05, 0) is 18.9 Å². The van der Waals surface area contributed by atoms with Gasteiger partial charge in [-0.2, -0.15) is 0 Å². The Hall–Kier alpha value is -1.82. The first kappa shape index (κ1) is 14.1. The molecular formula is C15H22N4O2. The lowest BCUT2D eigenvalue weighted by Crippen LogP contribution is -2.50. The minimum absolute atomic E-state index is 0.137. The van der Waals surface area contributed by atoms with Crippen LogP contribution in [-0.4, -0.2) is 53.2 Å². The summed E-state index contributed by atoms with van der Waals surface area (Å²) in [6.07, 6.45) is 6.80. The quantitative estimate of drug-likeness (QED) is 0.876. The molecular weight excluding hydrogens is 268 g/mol. The van der Waals surface area contributed by atoms with Crippen molar-refractivity contribution in [3.8, 4) is 0 Å². The maximum Gasteiger partial charge on any atom is 0.337 e. The number of aromatic carboxylic acids is 1. The smallest absolute Gasteiger partial charge is 0.337 e. The Bertz CT molecular complexity index is 520. The van der Waals surface area contributed by atoms with Crippen molar-refractivity contribution in [2.75, 3.05) is 36.8 Å². The van der Waals surface area contributed by atoms with E-state index in [-0.39, 0.29) is 11.3 Å². The molecule has 1 aromatic rings. The van der Waals surface area contributed by atoms with Crippen molar-refractivity contribution in [3.05, 3.63) is 17.8 Å². The Balaban J connectivity index is 1.66. The fourth-order valence-electron chi connectivity index (χ4n) is 3.40. The van der Waals surface area contributed by atoms with Gasteiger partial charge in [0.05, 0.1) is 17.4 Å². The molecule has 21 heavy (non-hydrogen) atoms. The lowest BCUT2D eigenvalue weighted by Gasteiger charge is -2.38. The number of pyridine rings is 1. The van der Waals surface area contributed by atoms with Gasteiger partial charge in [-0.15, -0.1) is 0 Å². The van der Waals surface area contributed by atoms with Gasteiger partial charge in [0, 0.05) is 32.2 Å². The van der Waals surface area contributed by atoms with Gasteiger partial charge in [-0.1, -0.05) is 12.8 Å². The second-order valence-electron chi connectivity index (χ2n) is 5.90. The summed E-state index contributed by atoms with van der Waals surface area (Å²) in [7, 11) is 0. The highest BCUT2D eigenvalue weighted by Crippen LogP contribution is 2.26. The van der Waals surface area contributed by atoms with Gasteiger partial charge in [0.2, 0.25) is 0 Å². The zero-order valence-corrected chi connectivity index (χ0v) is 12.2. The monoisotopic (exact) mass is 290 g/mol. The molecule has 1 aromatic heterocycles. The number of hydrogen-bond acceptors (Lipinski definition) is 5. The zero-order chi connectivity index (χ0) is 14.8. The second kappa shape index (κ2) is 5.89. The predicted octanol–water partition coefficient (Wildman–Crippen LogP) is 1.43. The van der Waals surface area contributed by atoms with E-state index in [2.05, 4.69) is 14.8 Å². The van der Waals surface area contributed by atoms with Crippen molar-refractivity contribution in [1.29, 1.82) is 0 Å². The average molecular weight is 290 g/mol. The van der Waals surface area contributed by atoms with E-state index in [9.17, 15) is 4.79 Å². The van der Waals surface area contributed by atoms with Crippen molar-refractivity contribution >= 4 is 17.5 Å². The number of carbonyl (C=O) groups is 1. The summed E-state index contributed by atoms with van der Waals surface area (Å²) in [6.45, 7) is 3.84. The molecule has 0 radical (unpaired) electrons. The Morgan fingerprint density at radius 1 is 1.24 bits per heavy atom. The first-order valence-corrected chi connectivity index (χ1v) is 7.63. The summed E-state index contributed by atoms with van der Waals surface area (Å²) < 4.78 is 0. The van der Waals surface area contributed by atoms with Gasteiger partial charge in [0.15, 0.2) is 0 Å². The average Bonchev–Trinajstić information content (AvgIpc) is 3.02. The van der Waals surface area contributed by atoms with Crippen LogP contribution in [0.4, 0.5) is 11.5 Å². The van der Waals surface area contributed by atoms with E-state index in [1.165, 1.54) is 31.9 Å². The van der Waals surface area contributed by atoms with Gasteiger partial charge in [-0.25, -0.2) is 9.78 Å². The van der Waals surface area contributed by atoms with E-state index in [1.807, 2.05) is 0 Å². The third-order valence-electron chi connectivity index (χ3n) is 4.63. The maximum atomic E-state index is 11.1. The Morgan fingerprint density at radius 3 is 2.52 bits per heavy atom. The summed E-state index contributed by atoms with van der Waals surface area (Å²) >= 11 is 0. The molecule has 2 fully saturated rings. The molecule has 1 aliphatic carbocycles. The molecule has 0 spiro atoms. The predicted molar refractivity (Wildman–Crippen MR) is 81.7 cm³/mol. The van der Waals surface area contributed by atoms with Crippen molar-refractivity contribution in [2.24, 2.45) is 0 Å². The molecule has 0 amide bonds. The van der Waals surface area contributed by atoms with E-state index in [4.69, 9.17) is 10.8 Å². The Kier molecular flexibility index (Phi) is 3.96. The molecule has 0 aromatic carbocycles. The third-order valence-corrected chi connectivity index (χ3v) is 4.63. The normalized spacial score (nSPS) is 20.9. The highest BCUT2D eigenvalue weighted by atomic mass is 16.4. The molecule has 1 saturated carbocycles. The van der Waals surface area contributed by atoms with Gasteiger partial charge in [0.25, 0.3) is 0 Å². The van der Waals surface area contributed by atoms with E-state index in [0.717, 1.165) is 32.2 Å². The minimum atomic E-state index is -0.999. The molecule has 114 valence electrons. The Labute approximate surface area is 124 Å². The van der Waals surface area contributed by atoms with E-state index in [1.54, 1.807) is 6.07 Å². The molecule has 1 saturated heterocycles. The van der Waals surface area contributed by atoms with Crippen molar-refractivity contribution < 1.29 is 9.90 Å². The van der Waals surface area contributed by atoms with Crippen LogP contribution in [0, 0.1) is 0 Å². The number of piperazine rings is 1. The summed E-state index contributed by atoms with van der Waals surface area (Å²) in [4.78, 5) is 20.2. The third kappa shape index (κ3) is 2.95. The number of carboxylic acids is 1. The summed E-state index contributed by atoms with van der Waals surface area (Å²) in [5.41, 5.74) is 6.01. The zero-order valence-electron chi connectivity index (χ0n) is 12.2. The number of nitrogen functional groups attached to an aromatic ring is 1. The lowest BCUT2D eigenvalue weighted by atomic mass is 10.1. The SMILES string of the molecule is Nc1cnc(N2CCN(C3CCCC3)CC2)cc1C(=O)O.